The number of Topliss-reactive ketones (excluding diaryl/α,β-unsaturated/α-hetero) is 2. The molecular formula is C29H38N2O3. The fourth-order valence-corrected chi connectivity index (χ4v) is 6.14. The lowest BCUT2D eigenvalue weighted by molar-refractivity contribution is -0.130. The summed E-state index contributed by atoms with van der Waals surface area (Å²) in [6.07, 6.45) is 5.95. The number of ketones is 2. The number of nitrogens with one attached hydrogen (secondary N) is 2. The maximum Gasteiger partial charge on any atom is 0.164 e. The van der Waals surface area contributed by atoms with Crippen molar-refractivity contribution in [1.29, 1.82) is 0 Å². The van der Waals surface area contributed by atoms with Crippen molar-refractivity contribution in [2.45, 2.75) is 75.8 Å². The van der Waals surface area contributed by atoms with Crippen molar-refractivity contribution < 1.29 is 14.3 Å². The van der Waals surface area contributed by atoms with E-state index in [1.807, 2.05) is 37.3 Å². The topological polar surface area (TPSA) is 67.4 Å². The molecule has 34 heavy (non-hydrogen) atoms. The Hall–Kier alpha value is -2.50. The Kier molecular flexibility index (Phi) is 7.54. The highest BCUT2D eigenvalue weighted by Gasteiger charge is 2.47. The summed E-state index contributed by atoms with van der Waals surface area (Å²) in [5.74, 6) is 1.02. The second-order valence-corrected chi connectivity index (χ2v) is 9.67. The van der Waals surface area contributed by atoms with Crippen LogP contribution < -0.4 is 15.4 Å². The van der Waals surface area contributed by atoms with Crippen molar-refractivity contribution in [3.8, 4) is 5.75 Å². The number of hydrogen-bond acceptors (Lipinski definition) is 5. The third-order valence-electron chi connectivity index (χ3n) is 7.76. The van der Waals surface area contributed by atoms with Crippen LogP contribution in [0.1, 0.15) is 81.4 Å². The standard InChI is InChI=1S/C29H38N2O3/c1-4-30-28(17-7-6-16-26(28)32)22-12-8-11-21(19-22)25-15-10-18-29(27(25)33,31-5-2)23-13-9-14-24(20-23)34-3/h8-9,11-14,19-20,25,30-31H,4-7,10,15-18H2,1-3H3/t25?,28-,29-/m1/s1. The summed E-state index contributed by atoms with van der Waals surface area (Å²) in [4.78, 5) is 27.4. The van der Waals surface area contributed by atoms with Crippen molar-refractivity contribution >= 4 is 11.6 Å². The van der Waals surface area contributed by atoms with E-state index in [1.165, 1.54) is 0 Å². The Balaban J connectivity index is 1.73. The number of carbonyl (C=O) groups is 2. The number of benzene rings is 2. The van der Waals surface area contributed by atoms with Crippen LogP contribution in [-0.4, -0.2) is 31.8 Å². The van der Waals surface area contributed by atoms with Crippen LogP contribution in [0, 0.1) is 0 Å². The second kappa shape index (κ2) is 10.4. The fourth-order valence-electron chi connectivity index (χ4n) is 6.14. The number of rotatable bonds is 8. The molecule has 3 atom stereocenters. The van der Waals surface area contributed by atoms with Gasteiger partial charge >= 0.3 is 0 Å². The third kappa shape index (κ3) is 4.32. The first-order chi connectivity index (χ1) is 16.5. The summed E-state index contributed by atoms with van der Waals surface area (Å²) in [5, 5.41) is 7.08. The molecule has 182 valence electrons. The van der Waals surface area contributed by atoms with E-state index in [0.717, 1.165) is 67.5 Å². The van der Waals surface area contributed by atoms with Crippen LogP contribution in [0.5, 0.6) is 5.75 Å². The SMILES string of the molecule is CCN[C@@]1(c2cccc(C3CCC[C@@](NCC)(c4cccc(OC)c4)C3=O)c2)CCCCC1=O. The maximum absolute atomic E-state index is 14.2. The lowest BCUT2D eigenvalue weighted by atomic mass is 9.68. The van der Waals surface area contributed by atoms with Crippen LogP contribution in [0.15, 0.2) is 48.5 Å². The zero-order valence-electron chi connectivity index (χ0n) is 20.8. The third-order valence-corrected chi connectivity index (χ3v) is 7.76. The number of carbonyl (C=O) groups excluding carboxylic acids is 2. The van der Waals surface area contributed by atoms with E-state index >= 15 is 0 Å². The van der Waals surface area contributed by atoms with Gasteiger partial charge in [0.15, 0.2) is 11.6 Å². The van der Waals surface area contributed by atoms with Gasteiger partial charge < -0.3 is 15.4 Å². The zero-order chi connectivity index (χ0) is 24.2. The minimum atomic E-state index is -0.734. The van der Waals surface area contributed by atoms with E-state index in [4.69, 9.17) is 4.74 Å². The molecule has 4 rings (SSSR count). The van der Waals surface area contributed by atoms with Crippen molar-refractivity contribution in [3.63, 3.8) is 0 Å². The van der Waals surface area contributed by atoms with Crippen molar-refractivity contribution in [1.82, 2.24) is 10.6 Å². The van der Waals surface area contributed by atoms with E-state index in [0.29, 0.717) is 13.0 Å². The average molecular weight is 463 g/mol. The first-order valence-electron chi connectivity index (χ1n) is 12.8. The predicted octanol–water partition coefficient (Wildman–Crippen LogP) is 4.98. The molecular weight excluding hydrogens is 424 g/mol. The minimum absolute atomic E-state index is 0.207. The molecule has 0 saturated heterocycles. The summed E-state index contributed by atoms with van der Waals surface area (Å²) < 4.78 is 5.46. The monoisotopic (exact) mass is 462 g/mol. The Labute approximate surface area is 203 Å². The molecule has 5 nitrogen and oxygen atoms in total. The molecule has 0 bridgehead atoms. The Bertz CT molecular complexity index is 1030. The highest BCUT2D eigenvalue weighted by Crippen LogP contribution is 2.43. The zero-order valence-corrected chi connectivity index (χ0v) is 20.8. The summed E-state index contributed by atoms with van der Waals surface area (Å²) in [6, 6.07) is 16.2. The number of methoxy groups -OCH3 is 1. The van der Waals surface area contributed by atoms with E-state index in [-0.39, 0.29) is 17.5 Å². The van der Waals surface area contributed by atoms with Gasteiger partial charge in [-0.15, -0.1) is 0 Å². The second-order valence-electron chi connectivity index (χ2n) is 9.67. The quantitative estimate of drug-likeness (QED) is 0.579. The molecule has 0 amide bonds. The Morgan fingerprint density at radius 3 is 2.26 bits per heavy atom. The molecule has 0 aromatic heterocycles. The van der Waals surface area contributed by atoms with Gasteiger partial charge in [-0.25, -0.2) is 0 Å². The lowest BCUT2D eigenvalue weighted by Gasteiger charge is -2.41. The Morgan fingerprint density at radius 2 is 1.56 bits per heavy atom. The van der Waals surface area contributed by atoms with E-state index in [1.54, 1.807) is 7.11 Å². The molecule has 2 aliphatic rings. The van der Waals surface area contributed by atoms with Crippen LogP contribution >= 0.6 is 0 Å². The largest absolute Gasteiger partial charge is 0.497 e. The fraction of sp³-hybridized carbons (Fsp3) is 0.517. The van der Waals surface area contributed by atoms with Gasteiger partial charge in [0.25, 0.3) is 0 Å². The molecule has 0 spiro atoms. The molecule has 2 aromatic carbocycles. The van der Waals surface area contributed by atoms with Gasteiger partial charge in [0.1, 0.15) is 16.8 Å². The van der Waals surface area contributed by atoms with Gasteiger partial charge in [-0.2, -0.15) is 0 Å². The molecule has 2 aliphatic carbocycles. The normalized spacial score (nSPS) is 27.6. The van der Waals surface area contributed by atoms with Crippen LogP contribution in [0.25, 0.3) is 0 Å². The summed E-state index contributed by atoms with van der Waals surface area (Å²) in [5.41, 5.74) is 1.62. The molecule has 0 aliphatic heterocycles. The summed E-state index contributed by atoms with van der Waals surface area (Å²) >= 11 is 0. The molecule has 0 heterocycles. The van der Waals surface area contributed by atoms with E-state index in [2.05, 4.69) is 35.8 Å². The van der Waals surface area contributed by atoms with Gasteiger partial charge in [-0.3, -0.25) is 9.59 Å². The van der Waals surface area contributed by atoms with Crippen molar-refractivity contribution in [3.05, 3.63) is 65.2 Å². The van der Waals surface area contributed by atoms with Crippen LogP contribution in [0.2, 0.25) is 0 Å². The number of likely N-dealkylation sites (N-methyl/N-ethyl adjacent to an activating group) is 2. The van der Waals surface area contributed by atoms with Crippen molar-refractivity contribution in [2.24, 2.45) is 0 Å². The highest BCUT2D eigenvalue weighted by molar-refractivity contribution is 5.96. The van der Waals surface area contributed by atoms with E-state index in [9.17, 15) is 9.59 Å². The number of ether oxygens (including phenoxy) is 1. The van der Waals surface area contributed by atoms with Gasteiger partial charge in [-0.1, -0.05) is 56.7 Å². The molecule has 5 heteroatoms. The van der Waals surface area contributed by atoms with Crippen LogP contribution in [-0.2, 0) is 20.7 Å². The number of hydrogen-bond donors (Lipinski definition) is 2. The molecule has 2 saturated carbocycles. The summed E-state index contributed by atoms with van der Waals surface area (Å²) in [6.45, 7) is 5.54. The average Bonchev–Trinajstić information content (AvgIpc) is 2.87. The van der Waals surface area contributed by atoms with Gasteiger partial charge in [0.05, 0.1) is 7.11 Å². The lowest BCUT2D eigenvalue weighted by Crippen LogP contribution is -2.53. The highest BCUT2D eigenvalue weighted by atomic mass is 16.5. The Morgan fingerprint density at radius 1 is 0.882 bits per heavy atom. The van der Waals surface area contributed by atoms with Crippen LogP contribution in [0.3, 0.4) is 0 Å². The van der Waals surface area contributed by atoms with Gasteiger partial charge in [-0.05, 0) is 74.0 Å². The predicted molar refractivity (Wildman–Crippen MR) is 135 cm³/mol. The molecule has 2 aromatic rings. The molecule has 1 unspecified atom stereocenters. The van der Waals surface area contributed by atoms with E-state index < -0.39 is 11.1 Å². The first kappa shape index (κ1) is 24.6. The smallest absolute Gasteiger partial charge is 0.164 e. The van der Waals surface area contributed by atoms with Crippen LogP contribution in [0.4, 0.5) is 0 Å². The molecule has 2 fully saturated rings. The maximum atomic E-state index is 14.2. The van der Waals surface area contributed by atoms with Crippen molar-refractivity contribution in [2.75, 3.05) is 20.2 Å². The first-order valence-corrected chi connectivity index (χ1v) is 12.8. The molecule has 0 radical (unpaired) electrons. The van der Waals surface area contributed by atoms with Gasteiger partial charge in [0.2, 0.25) is 0 Å². The minimum Gasteiger partial charge on any atom is -0.497 e. The molecule has 2 N–H and O–H groups in total. The van der Waals surface area contributed by atoms with Gasteiger partial charge in [0, 0.05) is 12.3 Å². The summed E-state index contributed by atoms with van der Waals surface area (Å²) in [7, 11) is 1.66.